The Morgan fingerprint density at radius 1 is 1.12 bits per heavy atom. The molecule has 0 aliphatic carbocycles. The Balaban J connectivity index is 1.92. The van der Waals surface area contributed by atoms with Gasteiger partial charge in [0.2, 0.25) is 0 Å². The number of aromatic nitrogens is 1. The average molecular weight is 226 g/mol. The van der Waals surface area contributed by atoms with Gasteiger partial charge in [0.15, 0.2) is 0 Å². The van der Waals surface area contributed by atoms with Gasteiger partial charge in [-0.2, -0.15) is 0 Å². The van der Waals surface area contributed by atoms with Crippen LogP contribution in [-0.4, -0.2) is 4.98 Å². The van der Waals surface area contributed by atoms with Crippen molar-refractivity contribution >= 4 is 0 Å². The lowest BCUT2D eigenvalue weighted by Crippen LogP contribution is -2.18. The standard InChI is InChI=1S/C15H18N2/c1-12-8-9-14(10-16-12)11-17-13(2)15-6-4-3-5-7-15/h3-10,13,17H,11H2,1-2H3/t13-/m0/s1. The van der Waals surface area contributed by atoms with E-state index in [1.165, 1.54) is 11.1 Å². The van der Waals surface area contributed by atoms with Crippen molar-refractivity contribution in [3.63, 3.8) is 0 Å². The normalized spacial score (nSPS) is 12.4. The Morgan fingerprint density at radius 3 is 2.53 bits per heavy atom. The summed E-state index contributed by atoms with van der Waals surface area (Å²) >= 11 is 0. The van der Waals surface area contributed by atoms with E-state index in [0.29, 0.717) is 6.04 Å². The number of pyridine rings is 1. The summed E-state index contributed by atoms with van der Waals surface area (Å²) in [7, 11) is 0. The molecule has 0 aliphatic heterocycles. The van der Waals surface area contributed by atoms with E-state index in [4.69, 9.17) is 0 Å². The van der Waals surface area contributed by atoms with Gasteiger partial charge in [-0.1, -0.05) is 36.4 Å². The largest absolute Gasteiger partial charge is 0.306 e. The maximum atomic E-state index is 4.29. The van der Waals surface area contributed by atoms with Crippen LogP contribution in [0.1, 0.15) is 29.8 Å². The van der Waals surface area contributed by atoms with E-state index in [9.17, 15) is 0 Å². The highest BCUT2D eigenvalue weighted by molar-refractivity contribution is 5.19. The van der Waals surface area contributed by atoms with Crippen LogP contribution in [0.2, 0.25) is 0 Å². The van der Waals surface area contributed by atoms with Crippen LogP contribution < -0.4 is 5.32 Å². The molecule has 0 saturated heterocycles. The van der Waals surface area contributed by atoms with Crippen molar-refractivity contribution in [1.82, 2.24) is 10.3 Å². The maximum Gasteiger partial charge on any atom is 0.0372 e. The predicted octanol–water partition coefficient (Wildman–Crippen LogP) is 3.24. The smallest absolute Gasteiger partial charge is 0.0372 e. The summed E-state index contributed by atoms with van der Waals surface area (Å²) in [6.45, 7) is 5.03. The predicted molar refractivity (Wildman–Crippen MR) is 70.7 cm³/mol. The third-order valence-corrected chi connectivity index (χ3v) is 2.88. The molecule has 1 atom stereocenters. The van der Waals surface area contributed by atoms with Gasteiger partial charge in [-0.25, -0.2) is 0 Å². The van der Waals surface area contributed by atoms with Crippen molar-refractivity contribution in [1.29, 1.82) is 0 Å². The molecule has 1 aromatic carbocycles. The number of benzene rings is 1. The molecule has 88 valence electrons. The molecular weight excluding hydrogens is 208 g/mol. The molecule has 0 fully saturated rings. The Bertz CT molecular complexity index is 448. The molecule has 17 heavy (non-hydrogen) atoms. The van der Waals surface area contributed by atoms with E-state index in [1.807, 2.05) is 25.3 Å². The minimum atomic E-state index is 0.359. The van der Waals surface area contributed by atoms with Crippen molar-refractivity contribution in [3.8, 4) is 0 Å². The van der Waals surface area contributed by atoms with E-state index in [-0.39, 0.29) is 0 Å². The second-order valence-corrected chi connectivity index (χ2v) is 4.32. The summed E-state index contributed by atoms with van der Waals surface area (Å²) in [6, 6.07) is 15.0. The Kier molecular flexibility index (Phi) is 3.89. The Hall–Kier alpha value is -1.67. The average Bonchev–Trinajstić information content (AvgIpc) is 2.39. The van der Waals surface area contributed by atoms with Crippen LogP contribution in [0.4, 0.5) is 0 Å². The summed E-state index contributed by atoms with van der Waals surface area (Å²) in [5.74, 6) is 0. The summed E-state index contributed by atoms with van der Waals surface area (Å²) in [5, 5.41) is 3.49. The number of aryl methyl sites for hydroxylation is 1. The monoisotopic (exact) mass is 226 g/mol. The van der Waals surface area contributed by atoms with Crippen LogP contribution in [-0.2, 0) is 6.54 Å². The molecule has 2 rings (SSSR count). The first-order chi connectivity index (χ1) is 8.25. The summed E-state index contributed by atoms with van der Waals surface area (Å²) in [4.78, 5) is 4.29. The van der Waals surface area contributed by atoms with E-state index < -0.39 is 0 Å². The highest BCUT2D eigenvalue weighted by Gasteiger charge is 2.03. The molecule has 2 aromatic rings. The number of hydrogen-bond acceptors (Lipinski definition) is 2. The molecule has 1 heterocycles. The van der Waals surface area contributed by atoms with Crippen LogP contribution in [0.25, 0.3) is 0 Å². The molecule has 0 radical (unpaired) electrons. The van der Waals surface area contributed by atoms with Crippen LogP contribution in [0, 0.1) is 6.92 Å². The SMILES string of the molecule is Cc1ccc(CN[C@@H](C)c2ccccc2)cn1. The van der Waals surface area contributed by atoms with E-state index >= 15 is 0 Å². The number of hydrogen-bond donors (Lipinski definition) is 1. The first-order valence-corrected chi connectivity index (χ1v) is 5.95. The van der Waals surface area contributed by atoms with Gasteiger partial charge in [-0.3, -0.25) is 4.98 Å². The minimum Gasteiger partial charge on any atom is -0.306 e. The third-order valence-electron chi connectivity index (χ3n) is 2.88. The zero-order chi connectivity index (χ0) is 12.1. The molecule has 1 N–H and O–H groups in total. The van der Waals surface area contributed by atoms with Crippen molar-refractivity contribution in [2.75, 3.05) is 0 Å². The second kappa shape index (κ2) is 5.60. The fourth-order valence-electron chi connectivity index (χ4n) is 1.73. The zero-order valence-corrected chi connectivity index (χ0v) is 10.4. The van der Waals surface area contributed by atoms with E-state index in [1.54, 1.807) is 0 Å². The Morgan fingerprint density at radius 2 is 1.88 bits per heavy atom. The van der Waals surface area contributed by atoms with Gasteiger partial charge in [-0.15, -0.1) is 0 Å². The van der Waals surface area contributed by atoms with Crippen molar-refractivity contribution < 1.29 is 0 Å². The molecule has 0 amide bonds. The molecular formula is C15H18N2. The van der Waals surface area contributed by atoms with Crippen LogP contribution >= 0.6 is 0 Å². The summed E-state index contributed by atoms with van der Waals surface area (Å²) in [5.41, 5.74) is 3.59. The lowest BCUT2D eigenvalue weighted by atomic mass is 10.1. The van der Waals surface area contributed by atoms with Crippen LogP contribution in [0.15, 0.2) is 48.7 Å². The third kappa shape index (κ3) is 3.40. The summed E-state index contributed by atoms with van der Waals surface area (Å²) in [6.07, 6.45) is 1.93. The first-order valence-electron chi connectivity index (χ1n) is 5.95. The van der Waals surface area contributed by atoms with Gasteiger partial charge in [-0.05, 0) is 31.0 Å². The van der Waals surface area contributed by atoms with Gasteiger partial charge >= 0.3 is 0 Å². The molecule has 0 unspecified atom stereocenters. The minimum absolute atomic E-state index is 0.359. The summed E-state index contributed by atoms with van der Waals surface area (Å²) < 4.78 is 0. The molecule has 1 aromatic heterocycles. The highest BCUT2D eigenvalue weighted by Crippen LogP contribution is 2.12. The molecule has 2 nitrogen and oxygen atoms in total. The Labute approximate surface area is 103 Å². The van der Waals surface area contributed by atoms with Gasteiger partial charge in [0.25, 0.3) is 0 Å². The fourth-order valence-corrected chi connectivity index (χ4v) is 1.73. The van der Waals surface area contributed by atoms with Crippen LogP contribution in [0.3, 0.4) is 0 Å². The van der Waals surface area contributed by atoms with Gasteiger partial charge in [0.1, 0.15) is 0 Å². The number of nitrogens with zero attached hydrogens (tertiary/aromatic N) is 1. The van der Waals surface area contributed by atoms with E-state index in [0.717, 1.165) is 12.2 Å². The van der Waals surface area contributed by atoms with Gasteiger partial charge in [0.05, 0.1) is 0 Å². The van der Waals surface area contributed by atoms with Crippen molar-refractivity contribution in [2.24, 2.45) is 0 Å². The number of nitrogens with one attached hydrogen (secondary N) is 1. The molecule has 0 saturated carbocycles. The fraction of sp³-hybridized carbons (Fsp3) is 0.267. The van der Waals surface area contributed by atoms with E-state index in [2.05, 4.69) is 47.6 Å². The first kappa shape index (κ1) is 11.8. The van der Waals surface area contributed by atoms with Crippen molar-refractivity contribution in [2.45, 2.75) is 26.4 Å². The zero-order valence-electron chi connectivity index (χ0n) is 10.4. The molecule has 0 bridgehead atoms. The quantitative estimate of drug-likeness (QED) is 0.865. The topological polar surface area (TPSA) is 24.9 Å². The molecule has 2 heteroatoms. The second-order valence-electron chi connectivity index (χ2n) is 4.32. The number of rotatable bonds is 4. The lowest BCUT2D eigenvalue weighted by molar-refractivity contribution is 0.574. The van der Waals surface area contributed by atoms with Crippen LogP contribution in [0.5, 0.6) is 0 Å². The van der Waals surface area contributed by atoms with Gasteiger partial charge < -0.3 is 5.32 Å². The molecule has 0 aliphatic rings. The highest BCUT2D eigenvalue weighted by atomic mass is 14.9. The van der Waals surface area contributed by atoms with Crippen molar-refractivity contribution in [3.05, 3.63) is 65.5 Å². The van der Waals surface area contributed by atoms with Gasteiger partial charge in [0, 0.05) is 24.5 Å². The lowest BCUT2D eigenvalue weighted by Gasteiger charge is -2.14. The maximum absolute atomic E-state index is 4.29. The molecule has 0 spiro atoms.